The zero-order chi connectivity index (χ0) is 64.3. The molecule has 0 atom stereocenters. The monoisotopic (exact) mass is 1240 g/mol. The molecule has 17 heteroatoms. The van der Waals surface area contributed by atoms with E-state index in [0.717, 1.165) is 144 Å². The number of aromatic nitrogens is 16. The smallest absolute Gasteiger partial charge is 0.162 e. The summed E-state index contributed by atoms with van der Waals surface area (Å²) in [6, 6.07) is 68.0. The molecule has 0 amide bonds. The molecule has 0 saturated heterocycles. The van der Waals surface area contributed by atoms with Gasteiger partial charge in [0.05, 0.1) is 46.9 Å². The lowest BCUT2D eigenvalue weighted by molar-refractivity contribution is 0.475. The van der Waals surface area contributed by atoms with Crippen molar-refractivity contribution in [2.24, 2.45) is 0 Å². The summed E-state index contributed by atoms with van der Waals surface area (Å²) < 4.78 is 7.25. The average molecular weight is 1240 g/mol. The van der Waals surface area contributed by atoms with Crippen LogP contribution in [0.4, 0.5) is 0 Å². The second kappa shape index (κ2) is 25.3. The SMILES string of the molecule is Cc1ccc(-c2cnc3c(-c4ccnc5ccccc45)cnn3c2)cc1.Oc1ccc(-c2cnc3c(-c4ccnc5ccccc45)cnn3c2)cc1.c1ccc(-c2cnc3c(-c4ccnc5ccccc45)cnn3c2)cc1.c1ccc2c(-c3cnn4cccnc34)ccnc2c1. The third kappa shape index (κ3) is 11.3. The zero-order valence-corrected chi connectivity index (χ0v) is 51.5. The summed E-state index contributed by atoms with van der Waals surface area (Å²) in [4.78, 5) is 36.1. The second-order valence-electron chi connectivity index (χ2n) is 22.7. The lowest BCUT2D eigenvalue weighted by Crippen LogP contribution is -1.92. The van der Waals surface area contributed by atoms with Crippen molar-refractivity contribution in [1.82, 2.24) is 78.3 Å². The van der Waals surface area contributed by atoms with Gasteiger partial charge in [-0.1, -0.05) is 145 Å². The van der Waals surface area contributed by atoms with E-state index in [0.29, 0.717) is 0 Å². The summed E-state index contributed by atoms with van der Waals surface area (Å²) in [7, 11) is 0. The van der Waals surface area contributed by atoms with E-state index in [1.54, 1.807) is 27.4 Å². The van der Waals surface area contributed by atoms with E-state index >= 15 is 0 Å². The molecule has 7 aromatic carbocycles. The number of para-hydroxylation sites is 4. The van der Waals surface area contributed by atoms with Crippen molar-refractivity contribution >= 4 is 66.2 Å². The molecule has 0 spiro atoms. The molecule has 0 radical (unpaired) electrons. The quantitative estimate of drug-likeness (QED) is 0.159. The molecule has 96 heavy (non-hydrogen) atoms. The van der Waals surface area contributed by atoms with E-state index < -0.39 is 0 Å². The highest BCUT2D eigenvalue weighted by Crippen LogP contribution is 2.35. The molecule has 0 aliphatic heterocycles. The molecular weight excluding hydrogens is 1190 g/mol. The molecule has 1 N–H and O–H groups in total. The summed E-state index contributed by atoms with van der Waals surface area (Å²) in [6.45, 7) is 2.09. The Hall–Kier alpha value is -13.5. The third-order valence-electron chi connectivity index (χ3n) is 16.8. The van der Waals surface area contributed by atoms with Gasteiger partial charge in [-0.15, -0.1) is 0 Å². The van der Waals surface area contributed by atoms with Gasteiger partial charge in [0.15, 0.2) is 22.6 Å². The molecule has 0 aliphatic rings. The summed E-state index contributed by atoms with van der Waals surface area (Å²) in [5.41, 5.74) is 23.1. The minimum Gasteiger partial charge on any atom is -0.508 e. The van der Waals surface area contributed by atoms with Gasteiger partial charge in [-0.2, -0.15) is 20.4 Å². The molecule has 12 heterocycles. The predicted octanol–water partition coefficient (Wildman–Crippen LogP) is 16.8. The highest BCUT2D eigenvalue weighted by Gasteiger charge is 2.17. The average Bonchev–Trinajstić information content (AvgIpc) is 1.62. The maximum Gasteiger partial charge on any atom is 0.162 e. The minimum atomic E-state index is 0.244. The van der Waals surface area contributed by atoms with E-state index in [1.165, 1.54) is 5.56 Å². The fourth-order valence-electron chi connectivity index (χ4n) is 12.0. The van der Waals surface area contributed by atoms with Crippen molar-refractivity contribution in [1.29, 1.82) is 0 Å². The fourth-order valence-corrected chi connectivity index (χ4v) is 12.0. The van der Waals surface area contributed by atoms with Crippen LogP contribution in [0.2, 0.25) is 0 Å². The predicted molar refractivity (Wildman–Crippen MR) is 378 cm³/mol. The first-order valence-electron chi connectivity index (χ1n) is 31.0. The Labute approximate surface area is 548 Å². The number of benzene rings is 7. The number of hydrogen-bond donors (Lipinski definition) is 1. The van der Waals surface area contributed by atoms with Crippen molar-refractivity contribution in [2.75, 3.05) is 0 Å². The van der Waals surface area contributed by atoms with Crippen LogP contribution in [0.25, 0.3) is 144 Å². The standard InChI is InChI=1S/C22H16N4.C21H14N4O.C21H14N4.C15H10N4/c1-15-6-8-16(9-7-15)17-12-24-22-20(13-25-26(22)14-17)18-10-11-23-21-5-3-2-4-19(18)21;26-16-7-5-14(6-8-16)15-11-23-21-19(12-24-25(21)13-15)17-9-10-22-20-4-2-1-3-18(17)20;1-2-6-15(7-3-1)16-12-23-21-19(13-24-25(21)14-16)17-10-11-22-20-9-5-4-8-18(17)20;1-2-5-14-12(4-1)11(6-8-16-14)13-10-18-19-9-3-7-17-15(13)19/h2-14H,1H3;1-13,26H;1-14H;1-10H. The first kappa shape index (κ1) is 57.6. The highest BCUT2D eigenvalue weighted by molar-refractivity contribution is 6.01. The van der Waals surface area contributed by atoms with Crippen molar-refractivity contribution in [3.05, 3.63) is 311 Å². The van der Waals surface area contributed by atoms with E-state index in [1.807, 2.05) is 235 Å². The van der Waals surface area contributed by atoms with Crippen molar-refractivity contribution in [3.8, 4) is 83.6 Å². The van der Waals surface area contributed by atoms with Gasteiger partial charge in [0.1, 0.15) is 5.75 Å². The maximum atomic E-state index is 9.45. The number of phenols is 1. The number of fused-ring (bicyclic) bond motifs is 8. The van der Waals surface area contributed by atoms with Crippen molar-refractivity contribution in [3.63, 3.8) is 0 Å². The van der Waals surface area contributed by atoms with Crippen LogP contribution in [0.1, 0.15) is 5.56 Å². The number of rotatable bonds is 7. The van der Waals surface area contributed by atoms with Crippen LogP contribution in [0.15, 0.2) is 305 Å². The van der Waals surface area contributed by atoms with Crippen LogP contribution >= 0.6 is 0 Å². The van der Waals surface area contributed by atoms with Gasteiger partial charge in [0.2, 0.25) is 0 Å². The van der Waals surface area contributed by atoms with Gasteiger partial charge in [-0.25, -0.2) is 38.0 Å². The number of aromatic hydroxyl groups is 1. The van der Waals surface area contributed by atoms with Crippen LogP contribution < -0.4 is 0 Å². The number of phenolic OH excluding ortho intramolecular Hbond substituents is 1. The first-order valence-corrected chi connectivity index (χ1v) is 31.0. The molecule has 12 aromatic heterocycles. The van der Waals surface area contributed by atoms with Gasteiger partial charge >= 0.3 is 0 Å². The lowest BCUT2D eigenvalue weighted by atomic mass is 10.0. The largest absolute Gasteiger partial charge is 0.508 e. The summed E-state index contributed by atoms with van der Waals surface area (Å²) in [5, 5.41) is 31.7. The summed E-state index contributed by atoms with van der Waals surface area (Å²) in [6.07, 6.45) is 30.1. The van der Waals surface area contributed by atoms with Gasteiger partial charge in [-0.3, -0.25) is 19.9 Å². The Morgan fingerprint density at radius 3 is 0.958 bits per heavy atom. The van der Waals surface area contributed by atoms with Gasteiger partial charge in [-0.05, 0) is 113 Å². The van der Waals surface area contributed by atoms with E-state index in [2.05, 4.69) is 123 Å². The van der Waals surface area contributed by atoms with E-state index in [9.17, 15) is 5.11 Å². The van der Waals surface area contributed by atoms with Crippen LogP contribution in [0, 0.1) is 6.92 Å². The molecule has 0 unspecified atom stereocenters. The Balaban J connectivity index is 0.000000101. The minimum absolute atomic E-state index is 0.244. The van der Waals surface area contributed by atoms with Crippen LogP contribution in [-0.4, -0.2) is 83.4 Å². The number of aryl methyl sites for hydroxylation is 1. The van der Waals surface area contributed by atoms with Crippen LogP contribution in [0.3, 0.4) is 0 Å². The van der Waals surface area contributed by atoms with Crippen molar-refractivity contribution in [2.45, 2.75) is 6.92 Å². The molecule has 0 bridgehead atoms. The Bertz CT molecular complexity index is 5800. The highest BCUT2D eigenvalue weighted by atomic mass is 16.3. The van der Waals surface area contributed by atoms with Gasteiger partial charge < -0.3 is 5.11 Å². The molecule has 456 valence electrons. The third-order valence-corrected chi connectivity index (χ3v) is 16.8. The van der Waals surface area contributed by atoms with Gasteiger partial charge in [0.25, 0.3) is 0 Å². The Morgan fingerprint density at radius 2 is 0.573 bits per heavy atom. The van der Waals surface area contributed by atoms with Crippen molar-refractivity contribution < 1.29 is 5.11 Å². The number of nitrogens with zero attached hydrogens (tertiary/aromatic N) is 16. The molecule has 0 saturated carbocycles. The first-order chi connectivity index (χ1) is 47.4. The Kier molecular flexibility index (Phi) is 15.2. The molecule has 0 aliphatic carbocycles. The topological polar surface area (TPSA) is 193 Å². The van der Waals surface area contributed by atoms with E-state index in [4.69, 9.17) is 4.98 Å². The zero-order valence-electron chi connectivity index (χ0n) is 51.5. The number of hydrogen-bond acceptors (Lipinski definition) is 13. The maximum absolute atomic E-state index is 9.45. The molecule has 19 aromatic rings. The Morgan fingerprint density at radius 1 is 0.250 bits per heavy atom. The molecule has 19 rings (SSSR count). The summed E-state index contributed by atoms with van der Waals surface area (Å²) >= 11 is 0. The van der Waals surface area contributed by atoms with Crippen LogP contribution in [-0.2, 0) is 0 Å². The van der Waals surface area contributed by atoms with Crippen LogP contribution in [0.5, 0.6) is 5.75 Å². The molecule has 0 fully saturated rings. The van der Waals surface area contributed by atoms with Gasteiger partial charge in [0, 0.05) is 135 Å². The lowest BCUT2D eigenvalue weighted by Gasteiger charge is -2.05. The number of pyridine rings is 4. The molecular formula is C79H54N16O. The fraction of sp³-hybridized carbons (Fsp3) is 0.0127. The van der Waals surface area contributed by atoms with E-state index in [-0.39, 0.29) is 5.75 Å². The normalized spacial score (nSPS) is 11.2. The second-order valence-corrected chi connectivity index (χ2v) is 22.7. The summed E-state index contributed by atoms with van der Waals surface area (Å²) in [5.74, 6) is 0.244. The molecule has 17 nitrogen and oxygen atoms in total.